The van der Waals surface area contributed by atoms with Gasteiger partial charge in [0.1, 0.15) is 18.0 Å². The minimum absolute atomic E-state index is 0.657. The molecule has 4 N–H and O–H groups in total. The molecule has 7 heteroatoms. The molecular formula is C13H21N7. The highest BCUT2D eigenvalue weighted by Gasteiger charge is 2.12. The Bertz CT molecular complexity index is 603. The summed E-state index contributed by atoms with van der Waals surface area (Å²) in [6, 6.07) is 0. The lowest BCUT2D eigenvalue weighted by Crippen LogP contribution is -2.14. The van der Waals surface area contributed by atoms with Crippen molar-refractivity contribution >= 4 is 11.6 Å². The molecule has 0 amide bonds. The van der Waals surface area contributed by atoms with Gasteiger partial charge in [0.15, 0.2) is 0 Å². The number of nitrogens with one attached hydrogen (secondary N) is 2. The second-order valence-electron chi connectivity index (χ2n) is 4.67. The number of aromatic nitrogens is 4. The van der Waals surface area contributed by atoms with Gasteiger partial charge in [0.2, 0.25) is 0 Å². The fourth-order valence-corrected chi connectivity index (χ4v) is 2.27. The van der Waals surface area contributed by atoms with E-state index in [1.165, 1.54) is 11.9 Å². The Balaban J connectivity index is 2.23. The molecule has 0 fully saturated rings. The van der Waals surface area contributed by atoms with E-state index in [2.05, 4.69) is 32.7 Å². The standard InChI is InChI=1S/C13H21N7/c1-5-10-12(16-7-17-13(10)18-14)15-6-11-8(2)19-20(4)9(11)3/h7H,5-6,14H2,1-4H3,(H2,15,16,17,18). The average molecular weight is 275 g/mol. The van der Waals surface area contributed by atoms with Crippen molar-refractivity contribution in [2.75, 3.05) is 10.7 Å². The molecule has 2 rings (SSSR count). The van der Waals surface area contributed by atoms with E-state index in [1.807, 2.05) is 25.6 Å². The average Bonchev–Trinajstić information content (AvgIpc) is 2.69. The summed E-state index contributed by atoms with van der Waals surface area (Å²) in [6.07, 6.45) is 2.30. The van der Waals surface area contributed by atoms with Gasteiger partial charge in [0, 0.05) is 30.4 Å². The molecule has 0 aromatic carbocycles. The Morgan fingerprint density at radius 1 is 1.20 bits per heavy atom. The number of aryl methyl sites for hydroxylation is 2. The van der Waals surface area contributed by atoms with E-state index < -0.39 is 0 Å². The number of nitrogens with two attached hydrogens (primary N) is 1. The van der Waals surface area contributed by atoms with Crippen LogP contribution in [0.3, 0.4) is 0 Å². The third kappa shape index (κ3) is 2.57. The maximum Gasteiger partial charge on any atom is 0.148 e. The lowest BCUT2D eigenvalue weighted by atomic mass is 10.2. The topological polar surface area (TPSA) is 93.7 Å². The van der Waals surface area contributed by atoms with Crippen LogP contribution in [-0.4, -0.2) is 19.7 Å². The third-order valence-electron chi connectivity index (χ3n) is 3.53. The Morgan fingerprint density at radius 2 is 1.90 bits per heavy atom. The fourth-order valence-electron chi connectivity index (χ4n) is 2.27. The van der Waals surface area contributed by atoms with E-state index in [4.69, 9.17) is 5.84 Å². The van der Waals surface area contributed by atoms with Crippen molar-refractivity contribution in [3.63, 3.8) is 0 Å². The number of hydrogen-bond acceptors (Lipinski definition) is 6. The Morgan fingerprint density at radius 3 is 2.45 bits per heavy atom. The number of anilines is 2. The highest BCUT2D eigenvalue weighted by atomic mass is 15.3. The number of hydrogen-bond donors (Lipinski definition) is 3. The number of rotatable bonds is 5. The molecule has 7 nitrogen and oxygen atoms in total. The van der Waals surface area contributed by atoms with Crippen LogP contribution in [0, 0.1) is 13.8 Å². The lowest BCUT2D eigenvalue weighted by Gasteiger charge is -2.12. The number of nitrogens with zero attached hydrogens (tertiary/aromatic N) is 4. The Kier molecular flexibility index (Phi) is 4.19. The van der Waals surface area contributed by atoms with Gasteiger partial charge in [-0.15, -0.1) is 0 Å². The van der Waals surface area contributed by atoms with Gasteiger partial charge in [-0.25, -0.2) is 15.8 Å². The van der Waals surface area contributed by atoms with Gasteiger partial charge in [-0.3, -0.25) is 4.68 Å². The summed E-state index contributed by atoms with van der Waals surface area (Å²) in [5, 5.41) is 7.76. The first-order valence-electron chi connectivity index (χ1n) is 6.61. The van der Waals surface area contributed by atoms with E-state index in [9.17, 15) is 0 Å². The van der Waals surface area contributed by atoms with Gasteiger partial charge < -0.3 is 10.7 Å². The number of nitrogen functional groups attached to an aromatic ring is 1. The molecule has 2 aromatic heterocycles. The molecule has 0 atom stereocenters. The van der Waals surface area contributed by atoms with Gasteiger partial charge in [-0.2, -0.15) is 5.10 Å². The summed E-state index contributed by atoms with van der Waals surface area (Å²) in [4.78, 5) is 8.41. The molecule has 0 bridgehead atoms. The first-order chi connectivity index (χ1) is 9.58. The van der Waals surface area contributed by atoms with Crippen molar-refractivity contribution in [1.82, 2.24) is 19.7 Å². The molecular weight excluding hydrogens is 254 g/mol. The smallest absolute Gasteiger partial charge is 0.148 e. The Labute approximate surface area is 118 Å². The zero-order valence-corrected chi connectivity index (χ0v) is 12.4. The minimum Gasteiger partial charge on any atom is -0.365 e. The summed E-state index contributed by atoms with van der Waals surface area (Å²) in [6.45, 7) is 6.80. The molecule has 0 saturated carbocycles. The van der Waals surface area contributed by atoms with Crippen molar-refractivity contribution in [2.45, 2.75) is 33.7 Å². The van der Waals surface area contributed by atoms with Crippen molar-refractivity contribution in [3.8, 4) is 0 Å². The van der Waals surface area contributed by atoms with Crippen LogP contribution in [0.4, 0.5) is 11.6 Å². The zero-order valence-electron chi connectivity index (χ0n) is 12.4. The predicted molar refractivity (Wildman–Crippen MR) is 79.2 cm³/mol. The fraction of sp³-hybridized carbons (Fsp3) is 0.462. The molecule has 0 aliphatic carbocycles. The molecule has 108 valence electrons. The van der Waals surface area contributed by atoms with Crippen LogP contribution in [0.1, 0.15) is 29.4 Å². The van der Waals surface area contributed by atoms with Gasteiger partial charge in [-0.05, 0) is 20.3 Å². The molecule has 0 radical (unpaired) electrons. The number of hydrazine groups is 1. The van der Waals surface area contributed by atoms with Crippen LogP contribution in [-0.2, 0) is 20.0 Å². The molecule has 20 heavy (non-hydrogen) atoms. The van der Waals surface area contributed by atoms with E-state index in [-0.39, 0.29) is 0 Å². The van der Waals surface area contributed by atoms with E-state index in [0.29, 0.717) is 12.4 Å². The second-order valence-corrected chi connectivity index (χ2v) is 4.67. The van der Waals surface area contributed by atoms with Crippen molar-refractivity contribution in [1.29, 1.82) is 0 Å². The van der Waals surface area contributed by atoms with Crippen LogP contribution in [0.25, 0.3) is 0 Å². The van der Waals surface area contributed by atoms with E-state index in [0.717, 1.165) is 29.2 Å². The first-order valence-corrected chi connectivity index (χ1v) is 6.61. The third-order valence-corrected chi connectivity index (χ3v) is 3.53. The zero-order chi connectivity index (χ0) is 14.7. The SMILES string of the molecule is CCc1c(NN)ncnc1NCc1c(C)nn(C)c1C. The monoisotopic (exact) mass is 275 g/mol. The molecule has 0 aliphatic rings. The molecule has 2 heterocycles. The normalized spacial score (nSPS) is 10.7. The maximum atomic E-state index is 5.47. The van der Waals surface area contributed by atoms with Crippen molar-refractivity contribution in [2.24, 2.45) is 12.9 Å². The molecule has 0 aliphatic heterocycles. The largest absolute Gasteiger partial charge is 0.365 e. The van der Waals surface area contributed by atoms with E-state index >= 15 is 0 Å². The summed E-state index contributed by atoms with van der Waals surface area (Å²) in [5.74, 6) is 6.93. The van der Waals surface area contributed by atoms with Crippen molar-refractivity contribution < 1.29 is 0 Å². The van der Waals surface area contributed by atoms with Crippen LogP contribution < -0.4 is 16.6 Å². The summed E-state index contributed by atoms with van der Waals surface area (Å²) < 4.78 is 1.89. The Hall–Kier alpha value is -2.15. The van der Waals surface area contributed by atoms with Gasteiger partial charge in [-0.1, -0.05) is 6.92 Å². The summed E-state index contributed by atoms with van der Waals surface area (Å²) in [5.41, 5.74) is 6.96. The van der Waals surface area contributed by atoms with Crippen molar-refractivity contribution in [3.05, 3.63) is 28.8 Å². The lowest BCUT2D eigenvalue weighted by molar-refractivity contribution is 0.730. The van der Waals surface area contributed by atoms with Crippen LogP contribution in [0.15, 0.2) is 6.33 Å². The molecule has 2 aromatic rings. The quantitative estimate of drug-likeness (QED) is 0.562. The maximum absolute atomic E-state index is 5.47. The predicted octanol–water partition coefficient (Wildman–Crippen LogP) is 1.29. The first kappa shape index (κ1) is 14.3. The van der Waals surface area contributed by atoms with Gasteiger partial charge in [0.25, 0.3) is 0 Å². The van der Waals surface area contributed by atoms with Gasteiger partial charge >= 0.3 is 0 Å². The summed E-state index contributed by atoms with van der Waals surface area (Å²) >= 11 is 0. The molecule has 0 unspecified atom stereocenters. The minimum atomic E-state index is 0.657. The molecule has 0 saturated heterocycles. The van der Waals surface area contributed by atoms with Crippen LogP contribution in [0.2, 0.25) is 0 Å². The van der Waals surface area contributed by atoms with Gasteiger partial charge in [0.05, 0.1) is 5.69 Å². The van der Waals surface area contributed by atoms with Crippen LogP contribution >= 0.6 is 0 Å². The molecule has 0 spiro atoms. The van der Waals surface area contributed by atoms with E-state index in [1.54, 1.807) is 0 Å². The van der Waals surface area contributed by atoms with Crippen LogP contribution in [0.5, 0.6) is 0 Å². The highest BCUT2D eigenvalue weighted by Crippen LogP contribution is 2.21. The highest BCUT2D eigenvalue weighted by molar-refractivity contribution is 5.57. The summed E-state index contributed by atoms with van der Waals surface area (Å²) in [7, 11) is 1.95. The second kappa shape index (κ2) is 5.87.